The summed E-state index contributed by atoms with van der Waals surface area (Å²) < 4.78 is 10.9. The average Bonchev–Trinajstić information content (AvgIpc) is 3.15. The van der Waals surface area contributed by atoms with E-state index in [0.717, 1.165) is 38.5 Å². The van der Waals surface area contributed by atoms with Crippen LogP contribution in [0.25, 0.3) is 0 Å². The van der Waals surface area contributed by atoms with E-state index in [-0.39, 0.29) is 44.7 Å². The summed E-state index contributed by atoms with van der Waals surface area (Å²) >= 11 is 0. The number of nitrogens with one attached hydrogen (secondary N) is 1. The van der Waals surface area contributed by atoms with Crippen molar-refractivity contribution in [3.8, 4) is 0 Å². The van der Waals surface area contributed by atoms with E-state index < -0.39 is 23.9 Å². The fourth-order valence-corrected chi connectivity index (χ4v) is 7.01. The lowest BCUT2D eigenvalue weighted by Crippen LogP contribution is -2.42. The Kier molecular flexibility index (Phi) is 40.4. The number of carboxylic acid groups (broad SMARTS) is 1. The van der Waals surface area contributed by atoms with Crippen LogP contribution in [0.2, 0.25) is 0 Å². The Labute approximate surface area is 332 Å². The van der Waals surface area contributed by atoms with Crippen LogP contribution in [0.4, 0.5) is 0 Å². The highest BCUT2D eigenvalue weighted by atomic mass is 16.5. The molecule has 0 heterocycles. The first-order valence-electron chi connectivity index (χ1n) is 23.2. The number of carboxylic acids is 1. The Morgan fingerprint density at radius 3 is 1.11 bits per heavy atom. The van der Waals surface area contributed by atoms with Crippen LogP contribution < -0.4 is 5.32 Å². The second kappa shape index (κ2) is 42.0. The quantitative estimate of drug-likeness (QED) is 0.0468. The number of ether oxygens (including phenoxy) is 2. The molecule has 8 heteroatoms. The molecule has 0 aliphatic rings. The molecule has 0 fully saturated rings. The molecule has 0 bridgehead atoms. The van der Waals surface area contributed by atoms with Crippen molar-refractivity contribution in [1.29, 1.82) is 0 Å². The fraction of sp³-hybridized carbons (Fsp3) is 0.913. The lowest BCUT2D eigenvalue weighted by atomic mass is 10.0. The molecule has 0 radical (unpaired) electrons. The molecular weight excluding hydrogens is 679 g/mol. The molecule has 0 saturated heterocycles. The zero-order valence-electron chi connectivity index (χ0n) is 35.6. The van der Waals surface area contributed by atoms with Crippen molar-refractivity contribution in [1.82, 2.24) is 5.32 Å². The molecule has 0 unspecified atom stereocenters. The number of carbonyl (C=O) groups is 4. The largest absolute Gasteiger partial charge is 0.481 e. The SMILES string of the molecule is CCCCCCCCCCCCCCCCCCOC(=O)CC[C@@H](NC(=O)CCCC(=O)O)C(=O)OCCCCCCCCCCCCCCCCCC. The molecule has 2 N–H and O–H groups in total. The summed E-state index contributed by atoms with van der Waals surface area (Å²) in [5.74, 6) is -2.31. The van der Waals surface area contributed by atoms with E-state index in [1.54, 1.807) is 0 Å². The van der Waals surface area contributed by atoms with Crippen molar-refractivity contribution in [2.75, 3.05) is 13.2 Å². The lowest BCUT2D eigenvalue weighted by Gasteiger charge is -2.17. The van der Waals surface area contributed by atoms with Gasteiger partial charge in [-0.1, -0.05) is 206 Å². The number of carbonyl (C=O) groups excluding carboxylic acids is 3. The topological polar surface area (TPSA) is 119 Å². The van der Waals surface area contributed by atoms with E-state index in [1.807, 2.05) is 0 Å². The number of amides is 1. The zero-order valence-corrected chi connectivity index (χ0v) is 35.6. The minimum absolute atomic E-state index is 0.00109. The van der Waals surface area contributed by atoms with Gasteiger partial charge in [0.25, 0.3) is 0 Å². The summed E-state index contributed by atoms with van der Waals surface area (Å²) in [6.07, 6.45) is 41.1. The van der Waals surface area contributed by atoms with Crippen molar-refractivity contribution in [3.05, 3.63) is 0 Å². The minimum Gasteiger partial charge on any atom is -0.481 e. The first-order valence-corrected chi connectivity index (χ1v) is 23.2. The minimum atomic E-state index is -0.968. The number of hydrogen-bond donors (Lipinski definition) is 2. The van der Waals surface area contributed by atoms with E-state index in [1.165, 1.54) is 167 Å². The third-order valence-corrected chi connectivity index (χ3v) is 10.6. The van der Waals surface area contributed by atoms with Gasteiger partial charge in [-0.2, -0.15) is 0 Å². The van der Waals surface area contributed by atoms with Gasteiger partial charge in [-0.15, -0.1) is 0 Å². The number of hydrogen-bond acceptors (Lipinski definition) is 6. The van der Waals surface area contributed by atoms with Crippen LogP contribution in [0.3, 0.4) is 0 Å². The van der Waals surface area contributed by atoms with Crippen LogP contribution in [0.1, 0.15) is 251 Å². The van der Waals surface area contributed by atoms with Gasteiger partial charge in [-0.3, -0.25) is 14.4 Å². The summed E-state index contributed by atoms with van der Waals surface area (Å²) in [6.45, 7) is 5.18. The predicted molar refractivity (Wildman–Crippen MR) is 224 cm³/mol. The van der Waals surface area contributed by atoms with Crippen molar-refractivity contribution in [3.63, 3.8) is 0 Å². The van der Waals surface area contributed by atoms with Crippen LogP contribution >= 0.6 is 0 Å². The van der Waals surface area contributed by atoms with E-state index in [2.05, 4.69) is 19.2 Å². The van der Waals surface area contributed by atoms with E-state index in [4.69, 9.17) is 14.6 Å². The van der Waals surface area contributed by atoms with Gasteiger partial charge in [0, 0.05) is 19.3 Å². The van der Waals surface area contributed by atoms with Gasteiger partial charge in [0.2, 0.25) is 5.91 Å². The molecule has 54 heavy (non-hydrogen) atoms. The molecule has 0 spiro atoms. The fourth-order valence-electron chi connectivity index (χ4n) is 7.01. The third kappa shape index (κ3) is 39.6. The maximum absolute atomic E-state index is 12.9. The standard InChI is InChI=1S/C46H87NO7/c1-3-5-7-9-11-13-15-17-19-21-23-25-27-29-31-33-40-53-45(51)39-38-42(47-43(48)36-35-37-44(49)50)46(52)54-41-34-32-30-28-26-24-22-20-18-16-14-12-10-8-6-4-2/h42H,3-41H2,1-2H3,(H,47,48)(H,49,50)/t42-/m1/s1. The average molecular weight is 766 g/mol. The van der Waals surface area contributed by atoms with Gasteiger partial charge in [-0.05, 0) is 25.7 Å². The molecule has 0 aromatic heterocycles. The molecule has 0 aromatic carbocycles. The number of aliphatic carboxylic acids is 1. The van der Waals surface area contributed by atoms with Crippen LogP contribution in [0.15, 0.2) is 0 Å². The Morgan fingerprint density at radius 2 is 0.759 bits per heavy atom. The maximum Gasteiger partial charge on any atom is 0.328 e. The lowest BCUT2D eigenvalue weighted by molar-refractivity contribution is -0.149. The molecule has 0 saturated carbocycles. The number of esters is 2. The van der Waals surface area contributed by atoms with Crippen molar-refractivity contribution < 1.29 is 33.8 Å². The molecule has 1 amide bonds. The van der Waals surface area contributed by atoms with Gasteiger partial charge >= 0.3 is 17.9 Å². The smallest absolute Gasteiger partial charge is 0.328 e. The molecular formula is C46H87NO7. The van der Waals surface area contributed by atoms with Crippen LogP contribution in [-0.4, -0.2) is 48.2 Å². The van der Waals surface area contributed by atoms with Gasteiger partial charge in [0.15, 0.2) is 0 Å². The number of rotatable bonds is 43. The second-order valence-corrected chi connectivity index (χ2v) is 15.9. The first kappa shape index (κ1) is 51.9. The summed E-state index contributed by atoms with van der Waals surface area (Å²) in [5.41, 5.74) is 0. The Bertz CT molecular complexity index is 864. The van der Waals surface area contributed by atoms with Gasteiger partial charge < -0.3 is 19.9 Å². The van der Waals surface area contributed by atoms with Crippen molar-refractivity contribution in [2.24, 2.45) is 0 Å². The molecule has 0 aliphatic heterocycles. The number of unbranched alkanes of at least 4 members (excludes halogenated alkanes) is 30. The predicted octanol–water partition coefficient (Wildman–Crippen LogP) is 13.1. The molecule has 8 nitrogen and oxygen atoms in total. The third-order valence-electron chi connectivity index (χ3n) is 10.6. The van der Waals surface area contributed by atoms with Gasteiger partial charge in [0.1, 0.15) is 6.04 Å². The normalized spacial score (nSPS) is 11.7. The highest BCUT2D eigenvalue weighted by Crippen LogP contribution is 2.16. The molecule has 0 rings (SSSR count). The highest BCUT2D eigenvalue weighted by molar-refractivity contribution is 5.85. The molecule has 0 aliphatic carbocycles. The van der Waals surface area contributed by atoms with E-state index in [0.29, 0.717) is 6.61 Å². The summed E-state index contributed by atoms with van der Waals surface area (Å²) in [4.78, 5) is 48.6. The van der Waals surface area contributed by atoms with Crippen molar-refractivity contribution in [2.45, 2.75) is 257 Å². The monoisotopic (exact) mass is 766 g/mol. The Hall–Kier alpha value is -2.12. The molecule has 0 aromatic rings. The van der Waals surface area contributed by atoms with Crippen LogP contribution in [0.5, 0.6) is 0 Å². The van der Waals surface area contributed by atoms with E-state index in [9.17, 15) is 19.2 Å². The second-order valence-electron chi connectivity index (χ2n) is 15.9. The highest BCUT2D eigenvalue weighted by Gasteiger charge is 2.23. The molecule has 1 atom stereocenters. The summed E-state index contributed by atoms with van der Waals surface area (Å²) in [6, 6.07) is -0.952. The first-order chi connectivity index (χ1) is 26.4. The molecule has 318 valence electrons. The van der Waals surface area contributed by atoms with E-state index >= 15 is 0 Å². The zero-order chi connectivity index (χ0) is 39.6. The Morgan fingerprint density at radius 1 is 0.426 bits per heavy atom. The van der Waals surface area contributed by atoms with Gasteiger partial charge in [0.05, 0.1) is 13.2 Å². The Balaban J connectivity index is 4.05. The van der Waals surface area contributed by atoms with Crippen LogP contribution in [0, 0.1) is 0 Å². The van der Waals surface area contributed by atoms with Crippen LogP contribution in [-0.2, 0) is 28.7 Å². The van der Waals surface area contributed by atoms with Crippen molar-refractivity contribution >= 4 is 23.8 Å². The summed E-state index contributed by atoms with van der Waals surface area (Å²) in [5, 5.41) is 11.5. The summed E-state index contributed by atoms with van der Waals surface area (Å²) in [7, 11) is 0. The maximum atomic E-state index is 12.9. The van der Waals surface area contributed by atoms with Gasteiger partial charge in [-0.25, -0.2) is 4.79 Å².